The van der Waals surface area contributed by atoms with Crippen molar-refractivity contribution in [2.45, 2.75) is 0 Å². The van der Waals surface area contributed by atoms with E-state index in [0.29, 0.717) is 5.56 Å². The molecular weight excluding hydrogens is 287 g/mol. The van der Waals surface area contributed by atoms with Gasteiger partial charge in [-0.2, -0.15) is 0 Å². The Morgan fingerprint density at radius 1 is 0.739 bits per heavy atom. The topological polar surface area (TPSA) is 17.1 Å². The van der Waals surface area contributed by atoms with Crippen molar-refractivity contribution in [1.82, 2.24) is 0 Å². The number of carbonyl (C=O) groups excluding carboxylic acids is 1. The van der Waals surface area contributed by atoms with Crippen LogP contribution < -0.4 is 0 Å². The third kappa shape index (κ3) is 3.80. The Hall–Kier alpha value is -3.00. The summed E-state index contributed by atoms with van der Waals surface area (Å²) in [5, 5.41) is 0. The lowest BCUT2D eigenvalue weighted by Gasteiger charge is -2.02. The lowest BCUT2D eigenvalue weighted by molar-refractivity contribution is 0.104. The number of rotatable bonds is 4. The first-order valence-corrected chi connectivity index (χ1v) is 7.36. The highest BCUT2D eigenvalue weighted by Crippen LogP contribution is 2.19. The molecule has 0 aliphatic rings. The van der Waals surface area contributed by atoms with Gasteiger partial charge in [-0.3, -0.25) is 4.79 Å². The van der Waals surface area contributed by atoms with Crippen LogP contribution in [0.15, 0.2) is 84.9 Å². The largest absolute Gasteiger partial charge is 0.289 e. The zero-order valence-corrected chi connectivity index (χ0v) is 12.4. The van der Waals surface area contributed by atoms with E-state index in [4.69, 9.17) is 0 Å². The molecule has 0 amide bonds. The third-order valence-corrected chi connectivity index (χ3v) is 3.57. The van der Waals surface area contributed by atoms with E-state index in [-0.39, 0.29) is 11.6 Å². The maximum atomic E-state index is 12.8. The first-order chi connectivity index (χ1) is 11.2. The van der Waals surface area contributed by atoms with Crippen LogP contribution in [0.3, 0.4) is 0 Å². The van der Waals surface area contributed by atoms with Crippen molar-refractivity contribution in [3.8, 4) is 11.1 Å². The van der Waals surface area contributed by atoms with Gasteiger partial charge in [0, 0.05) is 5.56 Å². The molecule has 0 saturated carbocycles. The summed E-state index contributed by atoms with van der Waals surface area (Å²) >= 11 is 0. The fourth-order valence-electron chi connectivity index (χ4n) is 2.30. The molecular formula is C21H15FO. The molecule has 0 atom stereocenters. The average molecular weight is 302 g/mol. The zero-order chi connectivity index (χ0) is 16.1. The standard InChI is InChI=1S/C21H15FO/c22-20-13-6-16(7-14-20)8-15-21(23)19-11-9-18(10-12-19)17-4-2-1-3-5-17/h1-15H/b15-8+. The van der Waals surface area contributed by atoms with Gasteiger partial charge in [-0.1, -0.05) is 72.8 Å². The van der Waals surface area contributed by atoms with Crippen LogP contribution in [0.4, 0.5) is 4.39 Å². The fraction of sp³-hybridized carbons (Fsp3) is 0. The van der Waals surface area contributed by atoms with Gasteiger partial charge in [-0.25, -0.2) is 4.39 Å². The van der Waals surface area contributed by atoms with Gasteiger partial charge < -0.3 is 0 Å². The first kappa shape index (κ1) is 14.9. The Kier molecular flexibility index (Phi) is 4.44. The molecule has 0 heterocycles. The summed E-state index contributed by atoms with van der Waals surface area (Å²) in [7, 11) is 0. The molecule has 2 heteroatoms. The molecule has 0 bridgehead atoms. The fourth-order valence-corrected chi connectivity index (χ4v) is 2.30. The molecule has 0 unspecified atom stereocenters. The second-order valence-corrected chi connectivity index (χ2v) is 5.19. The van der Waals surface area contributed by atoms with Crippen molar-refractivity contribution in [1.29, 1.82) is 0 Å². The Morgan fingerprint density at radius 3 is 2.00 bits per heavy atom. The van der Waals surface area contributed by atoms with Gasteiger partial charge in [0.05, 0.1) is 0 Å². The lowest BCUT2D eigenvalue weighted by Crippen LogP contribution is -1.93. The van der Waals surface area contributed by atoms with Crippen LogP contribution in [0, 0.1) is 5.82 Å². The number of hydrogen-bond acceptors (Lipinski definition) is 1. The maximum Gasteiger partial charge on any atom is 0.185 e. The Morgan fingerprint density at radius 2 is 1.35 bits per heavy atom. The van der Waals surface area contributed by atoms with Gasteiger partial charge in [0.25, 0.3) is 0 Å². The van der Waals surface area contributed by atoms with Gasteiger partial charge >= 0.3 is 0 Å². The maximum absolute atomic E-state index is 12.8. The molecule has 23 heavy (non-hydrogen) atoms. The Bertz CT molecular complexity index is 816. The van der Waals surface area contributed by atoms with Crippen molar-refractivity contribution >= 4 is 11.9 Å². The van der Waals surface area contributed by atoms with E-state index in [1.807, 2.05) is 54.6 Å². The van der Waals surface area contributed by atoms with Crippen LogP contribution in [-0.4, -0.2) is 5.78 Å². The highest BCUT2D eigenvalue weighted by molar-refractivity contribution is 6.07. The van der Waals surface area contributed by atoms with Gasteiger partial charge in [-0.05, 0) is 34.9 Å². The number of benzene rings is 3. The molecule has 3 aromatic rings. The molecule has 0 N–H and O–H groups in total. The van der Waals surface area contributed by atoms with E-state index in [9.17, 15) is 9.18 Å². The normalized spacial score (nSPS) is 10.8. The molecule has 1 nitrogen and oxygen atoms in total. The van der Waals surface area contributed by atoms with Gasteiger partial charge in [0.15, 0.2) is 5.78 Å². The van der Waals surface area contributed by atoms with Gasteiger partial charge in [-0.15, -0.1) is 0 Å². The number of halogens is 1. The molecule has 3 rings (SSSR count). The molecule has 0 aromatic heterocycles. The van der Waals surface area contributed by atoms with Crippen molar-refractivity contribution in [3.05, 3.63) is 102 Å². The van der Waals surface area contributed by atoms with Crippen LogP contribution >= 0.6 is 0 Å². The van der Waals surface area contributed by atoms with E-state index >= 15 is 0 Å². The van der Waals surface area contributed by atoms with Crippen molar-refractivity contribution < 1.29 is 9.18 Å². The van der Waals surface area contributed by atoms with E-state index in [0.717, 1.165) is 16.7 Å². The van der Waals surface area contributed by atoms with E-state index in [1.54, 1.807) is 18.2 Å². The lowest BCUT2D eigenvalue weighted by atomic mass is 10.0. The molecule has 0 spiro atoms. The quantitative estimate of drug-likeness (QED) is 0.466. The summed E-state index contributed by atoms with van der Waals surface area (Å²) < 4.78 is 12.8. The SMILES string of the molecule is O=C(/C=C/c1ccc(F)cc1)c1ccc(-c2ccccc2)cc1. The molecule has 0 aliphatic heterocycles. The summed E-state index contributed by atoms with van der Waals surface area (Å²) in [5.74, 6) is -0.362. The molecule has 112 valence electrons. The minimum atomic E-state index is -0.287. The molecule has 0 fully saturated rings. The third-order valence-electron chi connectivity index (χ3n) is 3.57. The van der Waals surface area contributed by atoms with Gasteiger partial charge in [0.1, 0.15) is 5.82 Å². The predicted molar refractivity (Wildman–Crippen MR) is 91.6 cm³/mol. The summed E-state index contributed by atoms with van der Waals surface area (Å²) in [4.78, 5) is 12.2. The first-order valence-electron chi connectivity index (χ1n) is 7.36. The van der Waals surface area contributed by atoms with Crippen LogP contribution in [0.1, 0.15) is 15.9 Å². The minimum Gasteiger partial charge on any atom is -0.289 e. The van der Waals surface area contributed by atoms with Crippen molar-refractivity contribution in [3.63, 3.8) is 0 Å². The second-order valence-electron chi connectivity index (χ2n) is 5.19. The highest BCUT2D eigenvalue weighted by atomic mass is 19.1. The van der Waals surface area contributed by atoms with Crippen molar-refractivity contribution in [2.24, 2.45) is 0 Å². The van der Waals surface area contributed by atoms with Crippen LogP contribution in [0.25, 0.3) is 17.2 Å². The van der Waals surface area contributed by atoms with Crippen LogP contribution in [-0.2, 0) is 0 Å². The zero-order valence-electron chi connectivity index (χ0n) is 12.4. The Labute approximate surface area is 134 Å². The van der Waals surface area contributed by atoms with Crippen LogP contribution in [0.2, 0.25) is 0 Å². The van der Waals surface area contributed by atoms with Crippen molar-refractivity contribution in [2.75, 3.05) is 0 Å². The molecule has 0 radical (unpaired) electrons. The smallest absolute Gasteiger partial charge is 0.185 e. The minimum absolute atomic E-state index is 0.0751. The number of carbonyl (C=O) groups is 1. The van der Waals surface area contributed by atoms with Crippen LogP contribution in [0.5, 0.6) is 0 Å². The number of allylic oxidation sites excluding steroid dienone is 1. The summed E-state index contributed by atoms with van der Waals surface area (Å²) in [6, 6.07) is 23.5. The summed E-state index contributed by atoms with van der Waals surface area (Å²) in [5.41, 5.74) is 3.61. The Balaban J connectivity index is 1.74. The highest BCUT2D eigenvalue weighted by Gasteiger charge is 2.03. The number of ketones is 1. The van der Waals surface area contributed by atoms with E-state index in [2.05, 4.69) is 0 Å². The predicted octanol–water partition coefficient (Wildman–Crippen LogP) is 5.39. The summed E-state index contributed by atoms with van der Waals surface area (Å²) in [6.07, 6.45) is 3.19. The van der Waals surface area contributed by atoms with E-state index < -0.39 is 0 Å². The summed E-state index contributed by atoms with van der Waals surface area (Å²) in [6.45, 7) is 0. The molecule has 0 aliphatic carbocycles. The van der Waals surface area contributed by atoms with E-state index in [1.165, 1.54) is 18.2 Å². The second kappa shape index (κ2) is 6.84. The monoisotopic (exact) mass is 302 g/mol. The average Bonchev–Trinajstić information content (AvgIpc) is 2.62. The molecule has 0 saturated heterocycles. The number of hydrogen-bond donors (Lipinski definition) is 0. The molecule has 3 aromatic carbocycles. The van der Waals surface area contributed by atoms with Gasteiger partial charge in [0.2, 0.25) is 0 Å².